The standard InChI is InChI=1S/C31H31FN2O2S/c1-20-8-7-11-26(21(20)2)33-30(35)23-16-14-22(15-17-23)18-29-31(36)34(19-24-9-3-4-10-25(24)32)27-12-5-6-13-28(27)37-29/h3-6,9-10,12-18,20-21,26H,7-8,11,19H2,1-2H3,(H,33,35)/b29-18-/t20-,21+,26-/m1/s1. The molecule has 1 fully saturated rings. The summed E-state index contributed by atoms with van der Waals surface area (Å²) in [6.07, 6.45) is 5.22. The van der Waals surface area contributed by atoms with Gasteiger partial charge in [0.25, 0.3) is 11.8 Å². The van der Waals surface area contributed by atoms with Crippen LogP contribution in [0.15, 0.2) is 82.6 Å². The number of fused-ring (bicyclic) bond motifs is 1. The molecule has 1 heterocycles. The molecule has 1 saturated carbocycles. The van der Waals surface area contributed by atoms with Gasteiger partial charge in [0.2, 0.25) is 0 Å². The van der Waals surface area contributed by atoms with Crippen LogP contribution >= 0.6 is 11.8 Å². The summed E-state index contributed by atoms with van der Waals surface area (Å²) < 4.78 is 14.4. The highest BCUT2D eigenvalue weighted by atomic mass is 32.2. The predicted molar refractivity (Wildman–Crippen MR) is 148 cm³/mol. The topological polar surface area (TPSA) is 49.4 Å². The van der Waals surface area contributed by atoms with Crippen molar-refractivity contribution in [2.24, 2.45) is 11.8 Å². The van der Waals surface area contributed by atoms with Gasteiger partial charge in [0.1, 0.15) is 5.82 Å². The number of nitrogens with zero attached hydrogens (tertiary/aromatic N) is 1. The van der Waals surface area contributed by atoms with E-state index >= 15 is 0 Å². The molecule has 5 rings (SSSR count). The maximum Gasteiger partial charge on any atom is 0.265 e. The lowest BCUT2D eigenvalue weighted by atomic mass is 9.78. The first-order chi connectivity index (χ1) is 17.9. The second-order valence-corrected chi connectivity index (χ2v) is 11.1. The molecule has 0 spiro atoms. The maximum absolute atomic E-state index is 14.4. The molecule has 37 heavy (non-hydrogen) atoms. The number of benzene rings is 3. The first kappa shape index (κ1) is 25.3. The zero-order valence-corrected chi connectivity index (χ0v) is 21.9. The van der Waals surface area contributed by atoms with E-state index in [4.69, 9.17) is 0 Å². The molecule has 2 amide bonds. The van der Waals surface area contributed by atoms with Crippen LogP contribution in [-0.4, -0.2) is 17.9 Å². The summed E-state index contributed by atoms with van der Waals surface area (Å²) in [7, 11) is 0. The number of anilines is 1. The van der Waals surface area contributed by atoms with E-state index in [2.05, 4.69) is 19.2 Å². The number of carbonyl (C=O) groups excluding carboxylic acids is 2. The smallest absolute Gasteiger partial charge is 0.265 e. The lowest BCUT2D eigenvalue weighted by Gasteiger charge is -2.34. The Kier molecular flexibility index (Phi) is 7.47. The average Bonchev–Trinajstić information content (AvgIpc) is 2.90. The number of halogens is 1. The number of amides is 2. The van der Waals surface area contributed by atoms with Gasteiger partial charge in [-0.1, -0.05) is 80.9 Å². The fourth-order valence-corrected chi connectivity index (χ4v) is 6.19. The molecule has 0 radical (unpaired) electrons. The summed E-state index contributed by atoms with van der Waals surface area (Å²) >= 11 is 1.41. The van der Waals surface area contributed by atoms with Crippen LogP contribution in [-0.2, 0) is 11.3 Å². The Hall–Kier alpha value is -3.38. The fraction of sp³-hybridized carbons (Fsp3) is 0.290. The highest BCUT2D eigenvalue weighted by Gasteiger charge is 2.30. The molecule has 6 heteroatoms. The van der Waals surface area contributed by atoms with Crippen LogP contribution in [0.25, 0.3) is 6.08 Å². The van der Waals surface area contributed by atoms with Crippen molar-refractivity contribution in [1.82, 2.24) is 5.32 Å². The van der Waals surface area contributed by atoms with Crippen LogP contribution in [0.3, 0.4) is 0 Å². The van der Waals surface area contributed by atoms with E-state index in [0.717, 1.165) is 29.0 Å². The minimum absolute atomic E-state index is 0.0572. The molecular weight excluding hydrogens is 483 g/mol. The van der Waals surface area contributed by atoms with E-state index in [1.165, 1.54) is 24.2 Å². The average molecular weight is 515 g/mol. The summed E-state index contributed by atoms with van der Waals surface area (Å²) in [4.78, 5) is 29.5. The Morgan fingerprint density at radius 1 is 1.03 bits per heavy atom. The summed E-state index contributed by atoms with van der Waals surface area (Å²) in [6.45, 7) is 4.62. The van der Waals surface area contributed by atoms with Crippen LogP contribution in [0.1, 0.15) is 54.6 Å². The van der Waals surface area contributed by atoms with Crippen molar-refractivity contribution in [3.8, 4) is 0 Å². The SMILES string of the molecule is C[C@H]1[C@H](C)CCC[C@H]1NC(=O)c1ccc(/C=C2\Sc3ccccc3N(Cc3ccccc3F)C2=O)cc1. The van der Waals surface area contributed by atoms with Gasteiger partial charge in [-0.25, -0.2) is 4.39 Å². The molecule has 190 valence electrons. The zero-order chi connectivity index (χ0) is 25.9. The molecule has 3 aromatic rings. The van der Waals surface area contributed by atoms with Crippen molar-refractivity contribution in [1.29, 1.82) is 0 Å². The van der Waals surface area contributed by atoms with Crippen molar-refractivity contribution in [2.45, 2.75) is 50.6 Å². The minimum Gasteiger partial charge on any atom is -0.349 e. The molecule has 4 nitrogen and oxygen atoms in total. The first-order valence-electron chi connectivity index (χ1n) is 12.9. The van der Waals surface area contributed by atoms with Gasteiger partial charge in [0.05, 0.1) is 17.1 Å². The van der Waals surface area contributed by atoms with Gasteiger partial charge in [0.15, 0.2) is 0 Å². The molecule has 3 aromatic carbocycles. The summed E-state index contributed by atoms with van der Waals surface area (Å²) in [5, 5.41) is 3.22. The molecule has 0 bridgehead atoms. The van der Waals surface area contributed by atoms with Crippen molar-refractivity contribution >= 4 is 35.3 Å². The molecule has 0 saturated heterocycles. The van der Waals surface area contributed by atoms with Crippen molar-refractivity contribution < 1.29 is 14.0 Å². The second kappa shape index (κ2) is 10.9. The molecule has 0 aromatic heterocycles. The number of para-hydroxylation sites is 1. The lowest BCUT2D eigenvalue weighted by molar-refractivity contribution is -0.114. The van der Waals surface area contributed by atoms with Gasteiger partial charge in [0, 0.05) is 22.1 Å². The van der Waals surface area contributed by atoms with Crippen LogP contribution in [0, 0.1) is 17.7 Å². The molecule has 1 aliphatic heterocycles. The normalized spacial score (nSPS) is 22.6. The number of hydrogen-bond donors (Lipinski definition) is 1. The monoisotopic (exact) mass is 514 g/mol. The van der Waals surface area contributed by atoms with Crippen molar-refractivity contribution in [3.63, 3.8) is 0 Å². The van der Waals surface area contributed by atoms with Crippen LogP contribution in [0.5, 0.6) is 0 Å². The largest absolute Gasteiger partial charge is 0.349 e. The molecular formula is C31H31FN2O2S. The van der Waals surface area contributed by atoms with Gasteiger partial charge in [-0.3, -0.25) is 9.59 Å². The van der Waals surface area contributed by atoms with Crippen LogP contribution < -0.4 is 10.2 Å². The number of hydrogen-bond acceptors (Lipinski definition) is 3. The number of thioether (sulfide) groups is 1. The van der Waals surface area contributed by atoms with E-state index < -0.39 is 0 Å². The minimum atomic E-state index is -0.331. The van der Waals surface area contributed by atoms with Crippen LogP contribution in [0.2, 0.25) is 0 Å². The predicted octanol–water partition coefficient (Wildman–Crippen LogP) is 7.06. The Morgan fingerprint density at radius 3 is 2.54 bits per heavy atom. The molecule has 0 unspecified atom stereocenters. The van der Waals surface area contributed by atoms with E-state index in [9.17, 15) is 14.0 Å². The molecule has 1 aliphatic carbocycles. The molecule has 1 N–H and O–H groups in total. The quantitative estimate of drug-likeness (QED) is 0.371. The van der Waals surface area contributed by atoms with E-state index in [1.54, 1.807) is 23.1 Å². The van der Waals surface area contributed by atoms with Crippen molar-refractivity contribution in [3.05, 3.63) is 100 Å². The van der Waals surface area contributed by atoms with Crippen LogP contribution in [0.4, 0.5) is 10.1 Å². The number of carbonyl (C=O) groups is 2. The third kappa shape index (κ3) is 5.49. The lowest BCUT2D eigenvalue weighted by Crippen LogP contribution is -2.43. The highest BCUT2D eigenvalue weighted by Crippen LogP contribution is 2.42. The van der Waals surface area contributed by atoms with Gasteiger partial charge < -0.3 is 10.2 Å². The van der Waals surface area contributed by atoms with Gasteiger partial charge in [-0.15, -0.1) is 0 Å². The third-order valence-electron chi connectivity index (χ3n) is 7.61. The summed E-state index contributed by atoms with van der Waals surface area (Å²) in [6, 6.07) is 21.8. The fourth-order valence-electron chi connectivity index (χ4n) is 5.14. The van der Waals surface area contributed by atoms with E-state index in [-0.39, 0.29) is 30.2 Å². The van der Waals surface area contributed by atoms with Crippen molar-refractivity contribution in [2.75, 3.05) is 4.90 Å². The Balaban J connectivity index is 1.35. The van der Waals surface area contributed by atoms with Gasteiger partial charge >= 0.3 is 0 Å². The summed E-state index contributed by atoms with van der Waals surface area (Å²) in [5.74, 6) is 0.516. The molecule has 3 atom stereocenters. The van der Waals surface area contributed by atoms with E-state index in [1.807, 2.05) is 54.6 Å². The van der Waals surface area contributed by atoms with Gasteiger partial charge in [-0.2, -0.15) is 0 Å². The number of rotatable bonds is 5. The summed E-state index contributed by atoms with van der Waals surface area (Å²) in [5.41, 5.74) is 2.68. The Labute approximate surface area is 222 Å². The number of nitrogens with one attached hydrogen (secondary N) is 1. The highest BCUT2D eigenvalue weighted by molar-refractivity contribution is 8.04. The van der Waals surface area contributed by atoms with Gasteiger partial charge in [-0.05, 0) is 60.2 Å². The Bertz CT molecular complexity index is 1340. The second-order valence-electron chi connectivity index (χ2n) is 10.0. The zero-order valence-electron chi connectivity index (χ0n) is 21.1. The Morgan fingerprint density at radius 2 is 1.76 bits per heavy atom. The third-order valence-corrected chi connectivity index (χ3v) is 8.69. The first-order valence-corrected chi connectivity index (χ1v) is 13.7. The maximum atomic E-state index is 14.4. The molecule has 2 aliphatic rings. The van der Waals surface area contributed by atoms with E-state index in [0.29, 0.717) is 27.9 Å².